The minimum Gasteiger partial charge on any atom is -0.383 e. The molecule has 0 fully saturated rings. The predicted octanol–water partition coefficient (Wildman–Crippen LogP) is 0.962. The molecule has 9 heteroatoms. The molecule has 0 aliphatic rings. The van der Waals surface area contributed by atoms with Gasteiger partial charge in [0, 0.05) is 19.2 Å². The molecule has 2 aromatic rings. The molecule has 0 saturated heterocycles. The van der Waals surface area contributed by atoms with E-state index in [9.17, 15) is 18.0 Å². The largest absolute Gasteiger partial charge is 0.383 e. The van der Waals surface area contributed by atoms with Gasteiger partial charge in [0.05, 0.1) is 22.8 Å². The molecule has 0 aliphatic heterocycles. The first-order valence-corrected chi connectivity index (χ1v) is 9.12. The fourth-order valence-corrected chi connectivity index (χ4v) is 3.23. The lowest BCUT2D eigenvalue weighted by Crippen LogP contribution is -2.27. The van der Waals surface area contributed by atoms with Crippen molar-refractivity contribution in [1.29, 1.82) is 0 Å². The van der Waals surface area contributed by atoms with Gasteiger partial charge in [-0.25, -0.2) is 13.1 Å². The van der Waals surface area contributed by atoms with Gasteiger partial charge in [-0.15, -0.1) is 0 Å². The van der Waals surface area contributed by atoms with Gasteiger partial charge in [-0.1, -0.05) is 18.2 Å². The molecule has 0 aliphatic carbocycles. The quantitative estimate of drug-likeness (QED) is 0.591. The van der Waals surface area contributed by atoms with Crippen molar-refractivity contribution in [3.8, 4) is 0 Å². The lowest BCUT2D eigenvalue weighted by Gasteiger charge is -2.10. The number of nitrogens with two attached hydrogens (primary N) is 1. The number of benzene rings is 2. The van der Waals surface area contributed by atoms with Crippen LogP contribution in [0.15, 0.2) is 53.4 Å². The highest BCUT2D eigenvalue weighted by Crippen LogP contribution is 2.17. The number of amides is 2. The maximum absolute atomic E-state index is 12.4. The van der Waals surface area contributed by atoms with Crippen molar-refractivity contribution in [1.82, 2.24) is 4.72 Å². The summed E-state index contributed by atoms with van der Waals surface area (Å²) in [6, 6.07) is 11.8. The number of sulfonamides is 1. The van der Waals surface area contributed by atoms with Crippen LogP contribution < -0.4 is 15.8 Å². The second-order valence-electron chi connectivity index (χ2n) is 5.28. The maximum Gasteiger partial charge on any atom is 0.255 e. The fraction of sp³-hybridized carbons (Fsp3) is 0.176. The van der Waals surface area contributed by atoms with Crippen molar-refractivity contribution < 1.29 is 22.7 Å². The van der Waals surface area contributed by atoms with Crippen molar-refractivity contribution in [3.63, 3.8) is 0 Å². The lowest BCUT2D eigenvalue weighted by molar-refractivity contribution is 0.100. The molecular formula is C17H19N3O5S. The Bertz CT molecular complexity index is 912. The molecule has 0 heterocycles. The summed E-state index contributed by atoms with van der Waals surface area (Å²) in [7, 11) is -2.31. The summed E-state index contributed by atoms with van der Waals surface area (Å²) < 4.78 is 31.6. The van der Waals surface area contributed by atoms with Crippen molar-refractivity contribution in [2.45, 2.75) is 4.90 Å². The number of para-hydroxylation sites is 1. The highest BCUT2D eigenvalue weighted by Gasteiger charge is 2.17. The van der Waals surface area contributed by atoms with Crippen LogP contribution in [0, 0.1) is 0 Å². The van der Waals surface area contributed by atoms with Crippen LogP contribution in [-0.4, -0.2) is 40.5 Å². The van der Waals surface area contributed by atoms with Crippen molar-refractivity contribution in [2.24, 2.45) is 5.73 Å². The Balaban J connectivity index is 2.22. The summed E-state index contributed by atoms with van der Waals surface area (Å²) in [4.78, 5) is 23.8. The SMILES string of the molecule is COCCNS(=O)(=O)c1cccc(C(=O)Nc2ccccc2C(N)=O)c1. The normalized spacial score (nSPS) is 11.1. The molecule has 8 nitrogen and oxygen atoms in total. The fourth-order valence-electron chi connectivity index (χ4n) is 2.17. The zero-order chi connectivity index (χ0) is 19.2. The van der Waals surface area contributed by atoms with Crippen LogP contribution in [0.3, 0.4) is 0 Å². The molecule has 4 N–H and O–H groups in total. The van der Waals surface area contributed by atoms with Gasteiger partial charge in [-0.2, -0.15) is 0 Å². The monoisotopic (exact) mass is 377 g/mol. The molecule has 138 valence electrons. The Kier molecular flexibility index (Phi) is 6.45. The summed E-state index contributed by atoms with van der Waals surface area (Å²) in [6.07, 6.45) is 0. The molecule has 0 saturated carbocycles. The zero-order valence-electron chi connectivity index (χ0n) is 14.1. The van der Waals surface area contributed by atoms with Crippen LogP contribution in [0.1, 0.15) is 20.7 Å². The topological polar surface area (TPSA) is 128 Å². The van der Waals surface area contributed by atoms with Crippen LogP contribution in [0.25, 0.3) is 0 Å². The number of hydrogen-bond donors (Lipinski definition) is 3. The van der Waals surface area contributed by atoms with Gasteiger partial charge < -0.3 is 15.8 Å². The molecule has 0 unspecified atom stereocenters. The number of anilines is 1. The summed E-state index contributed by atoms with van der Waals surface area (Å²) in [6.45, 7) is 0.338. The number of rotatable bonds is 8. The van der Waals surface area contributed by atoms with E-state index in [4.69, 9.17) is 10.5 Å². The van der Waals surface area contributed by atoms with E-state index in [1.165, 1.54) is 43.5 Å². The van der Waals surface area contributed by atoms with E-state index < -0.39 is 21.8 Å². The summed E-state index contributed by atoms with van der Waals surface area (Å²) in [5.41, 5.74) is 5.81. The highest BCUT2D eigenvalue weighted by atomic mass is 32.2. The summed E-state index contributed by atoms with van der Waals surface area (Å²) in [5.74, 6) is -1.24. The van der Waals surface area contributed by atoms with Gasteiger partial charge in [-0.05, 0) is 30.3 Å². The first-order valence-electron chi connectivity index (χ1n) is 7.64. The van der Waals surface area contributed by atoms with E-state index in [2.05, 4.69) is 10.0 Å². The minimum atomic E-state index is -3.77. The van der Waals surface area contributed by atoms with E-state index in [-0.39, 0.29) is 34.9 Å². The Hall–Kier alpha value is -2.75. The Morgan fingerprint density at radius 3 is 2.54 bits per heavy atom. The highest BCUT2D eigenvalue weighted by molar-refractivity contribution is 7.89. The molecule has 26 heavy (non-hydrogen) atoms. The van der Waals surface area contributed by atoms with Crippen LogP contribution in [0.4, 0.5) is 5.69 Å². The Morgan fingerprint density at radius 1 is 1.12 bits per heavy atom. The second kappa shape index (κ2) is 8.56. The molecule has 2 rings (SSSR count). The van der Waals surface area contributed by atoms with Crippen molar-refractivity contribution in [3.05, 3.63) is 59.7 Å². The number of nitrogens with one attached hydrogen (secondary N) is 2. The number of ether oxygens (including phenoxy) is 1. The van der Waals surface area contributed by atoms with Crippen molar-refractivity contribution >= 4 is 27.5 Å². The Morgan fingerprint density at radius 2 is 1.85 bits per heavy atom. The molecular weight excluding hydrogens is 358 g/mol. The van der Waals surface area contributed by atoms with Crippen LogP contribution in [-0.2, 0) is 14.8 Å². The van der Waals surface area contributed by atoms with Gasteiger partial charge in [0.2, 0.25) is 10.0 Å². The number of methoxy groups -OCH3 is 1. The van der Waals surface area contributed by atoms with Gasteiger partial charge in [0.15, 0.2) is 0 Å². The molecule has 0 radical (unpaired) electrons. The van der Waals surface area contributed by atoms with E-state index in [1.807, 2.05) is 0 Å². The molecule has 2 amide bonds. The minimum absolute atomic E-state index is 0.0514. The third-order valence-electron chi connectivity index (χ3n) is 3.45. The Labute approximate surface area is 151 Å². The molecule has 0 spiro atoms. The number of carbonyl (C=O) groups excluding carboxylic acids is 2. The zero-order valence-corrected chi connectivity index (χ0v) is 14.9. The number of hydrogen-bond acceptors (Lipinski definition) is 5. The van der Waals surface area contributed by atoms with Crippen LogP contribution in [0.2, 0.25) is 0 Å². The lowest BCUT2D eigenvalue weighted by atomic mass is 10.1. The van der Waals surface area contributed by atoms with Gasteiger partial charge in [-0.3, -0.25) is 9.59 Å². The molecule has 0 bridgehead atoms. The first kappa shape index (κ1) is 19.6. The number of carbonyl (C=O) groups is 2. The van der Waals surface area contributed by atoms with Crippen LogP contribution >= 0.6 is 0 Å². The van der Waals surface area contributed by atoms with Gasteiger partial charge >= 0.3 is 0 Å². The van der Waals surface area contributed by atoms with E-state index in [0.29, 0.717) is 0 Å². The predicted molar refractivity (Wildman–Crippen MR) is 96.4 cm³/mol. The van der Waals surface area contributed by atoms with E-state index in [0.717, 1.165) is 0 Å². The summed E-state index contributed by atoms with van der Waals surface area (Å²) in [5, 5.41) is 2.56. The van der Waals surface area contributed by atoms with E-state index >= 15 is 0 Å². The van der Waals surface area contributed by atoms with Gasteiger partial charge in [0.1, 0.15) is 0 Å². The van der Waals surface area contributed by atoms with Gasteiger partial charge in [0.25, 0.3) is 11.8 Å². The van der Waals surface area contributed by atoms with Crippen molar-refractivity contribution in [2.75, 3.05) is 25.6 Å². The third-order valence-corrected chi connectivity index (χ3v) is 4.90. The summed E-state index contributed by atoms with van der Waals surface area (Å²) >= 11 is 0. The molecule has 2 aromatic carbocycles. The average Bonchev–Trinajstić information content (AvgIpc) is 2.62. The molecule has 0 aromatic heterocycles. The standard InChI is InChI=1S/C17H19N3O5S/c1-25-10-9-19-26(23,24)13-6-4-5-12(11-13)17(22)20-15-8-3-2-7-14(15)16(18)21/h2-8,11,19H,9-10H2,1H3,(H2,18,21)(H,20,22). The smallest absolute Gasteiger partial charge is 0.255 e. The second-order valence-corrected chi connectivity index (χ2v) is 7.05. The average molecular weight is 377 g/mol. The van der Waals surface area contributed by atoms with E-state index in [1.54, 1.807) is 12.1 Å². The molecule has 0 atom stereocenters. The third kappa shape index (κ3) is 4.88. The maximum atomic E-state index is 12.4. The first-order chi connectivity index (χ1) is 12.3. The number of primary amides is 1. The van der Waals surface area contributed by atoms with Crippen LogP contribution in [0.5, 0.6) is 0 Å².